The van der Waals surface area contributed by atoms with E-state index in [0.29, 0.717) is 16.2 Å². The van der Waals surface area contributed by atoms with E-state index in [0.717, 1.165) is 43.9 Å². The topological polar surface area (TPSA) is 68.1 Å². The number of hydrogen-bond donors (Lipinski definition) is 2. The van der Waals surface area contributed by atoms with Gasteiger partial charge in [0.1, 0.15) is 5.75 Å². The zero-order chi connectivity index (χ0) is 21.1. The van der Waals surface area contributed by atoms with Crippen molar-refractivity contribution in [2.45, 2.75) is 63.0 Å². The predicted octanol–water partition coefficient (Wildman–Crippen LogP) is 5.57. The third-order valence-electron chi connectivity index (χ3n) is 6.60. The predicted molar refractivity (Wildman–Crippen MR) is 123 cm³/mol. The number of aromatic nitrogens is 1. The number of nitrogens with one attached hydrogen (secondary N) is 1. The second-order valence-corrected chi connectivity index (χ2v) is 8.82. The molecular weight excluding hydrogens is 396 g/mol. The van der Waals surface area contributed by atoms with Crippen LogP contribution < -0.4 is 16.0 Å². The zero-order valence-electron chi connectivity index (χ0n) is 17.4. The van der Waals surface area contributed by atoms with Gasteiger partial charge in [-0.25, -0.2) is 0 Å². The summed E-state index contributed by atoms with van der Waals surface area (Å²) in [4.78, 5) is 14.7. The molecule has 1 heterocycles. The maximum atomic E-state index is 12.0. The molecule has 2 aromatic carbocycles. The summed E-state index contributed by atoms with van der Waals surface area (Å²) < 4.78 is 6.32. The molecule has 1 aliphatic carbocycles. The van der Waals surface area contributed by atoms with Crippen molar-refractivity contribution in [3.8, 4) is 5.75 Å². The fraction of sp³-hybridized carbons (Fsp3) is 0.400. The van der Waals surface area contributed by atoms with Crippen LogP contribution in [0.4, 0.5) is 0 Å². The normalized spacial score (nSPS) is 22.7. The number of benzene rings is 2. The Morgan fingerprint density at radius 1 is 1.20 bits per heavy atom. The molecule has 0 unspecified atom stereocenters. The summed E-state index contributed by atoms with van der Waals surface area (Å²) in [7, 11) is 0. The average Bonchev–Trinajstić information content (AvgIpc) is 2.76. The second kappa shape index (κ2) is 8.83. The number of halogens is 1. The fourth-order valence-electron chi connectivity index (χ4n) is 4.91. The van der Waals surface area contributed by atoms with Crippen LogP contribution in [0.25, 0.3) is 10.8 Å². The van der Waals surface area contributed by atoms with Gasteiger partial charge in [-0.05, 0) is 61.3 Å². The van der Waals surface area contributed by atoms with Gasteiger partial charge in [0, 0.05) is 23.0 Å². The van der Waals surface area contributed by atoms with E-state index in [1.54, 1.807) is 12.3 Å². The van der Waals surface area contributed by atoms with Gasteiger partial charge in [0.25, 0.3) is 5.56 Å². The molecule has 0 radical (unpaired) electrons. The minimum absolute atomic E-state index is 0.00238. The van der Waals surface area contributed by atoms with Crippen LogP contribution in [0.3, 0.4) is 0 Å². The van der Waals surface area contributed by atoms with E-state index in [2.05, 4.69) is 42.2 Å². The molecule has 0 saturated heterocycles. The molecule has 0 spiro atoms. The molecule has 0 aliphatic heterocycles. The SMILES string of the molecule is CCC[C@@H](N)C1(c2ccccc2)CCC(Oc2cc3cc[nH]c(=O)c3cc2Cl)CC1. The third kappa shape index (κ3) is 3.99. The van der Waals surface area contributed by atoms with E-state index in [-0.39, 0.29) is 23.1 Å². The largest absolute Gasteiger partial charge is 0.489 e. The first kappa shape index (κ1) is 21.0. The Balaban J connectivity index is 1.54. The van der Waals surface area contributed by atoms with Crippen LogP contribution in [0.2, 0.25) is 5.02 Å². The summed E-state index contributed by atoms with van der Waals surface area (Å²) in [6.45, 7) is 2.19. The molecule has 4 rings (SSSR count). The molecule has 3 aromatic rings. The van der Waals surface area contributed by atoms with Crippen molar-refractivity contribution < 1.29 is 4.74 Å². The lowest BCUT2D eigenvalue weighted by Gasteiger charge is -2.45. The van der Waals surface area contributed by atoms with E-state index in [1.165, 1.54) is 5.56 Å². The maximum Gasteiger partial charge on any atom is 0.255 e. The highest BCUT2D eigenvalue weighted by atomic mass is 35.5. The Hall–Kier alpha value is -2.30. The summed E-state index contributed by atoms with van der Waals surface area (Å²) in [5.74, 6) is 0.643. The summed E-state index contributed by atoms with van der Waals surface area (Å²) in [5.41, 5.74) is 7.93. The van der Waals surface area contributed by atoms with Crippen molar-refractivity contribution in [2.75, 3.05) is 0 Å². The maximum absolute atomic E-state index is 12.0. The summed E-state index contributed by atoms with van der Waals surface area (Å²) >= 11 is 6.44. The molecule has 30 heavy (non-hydrogen) atoms. The van der Waals surface area contributed by atoms with Crippen LogP contribution in [0.5, 0.6) is 5.75 Å². The van der Waals surface area contributed by atoms with Crippen LogP contribution in [-0.2, 0) is 5.41 Å². The number of hydrogen-bond acceptors (Lipinski definition) is 3. The Morgan fingerprint density at radius 2 is 1.93 bits per heavy atom. The van der Waals surface area contributed by atoms with Crippen LogP contribution in [0.1, 0.15) is 51.0 Å². The van der Waals surface area contributed by atoms with Crippen molar-refractivity contribution >= 4 is 22.4 Å². The summed E-state index contributed by atoms with van der Waals surface area (Å²) in [5, 5.41) is 1.88. The smallest absolute Gasteiger partial charge is 0.255 e. The van der Waals surface area contributed by atoms with Gasteiger partial charge in [-0.15, -0.1) is 0 Å². The van der Waals surface area contributed by atoms with Gasteiger partial charge in [-0.1, -0.05) is 55.3 Å². The minimum Gasteiger partial charge on any atom is -0.489 e. The first-order valence-electron chi connectivity index (χ1n) is 10.8. The molecule has 3 N–H and O–H groups in total. The molecule has 5 heteroatoms. The Labute approximate surface area is 182 Å². The first-order valence-corrected chi connectivity index (χ1v) is 11.2. The highest BCUT2D eigenvalue weighted by Crippen LogP contribution is 2.44. The van der Waals surface area contributed by atoms with Gasteiger partial charge in [0.2, 0.25) is 0 Å². The molecule has 0 amide bonds. The Kier molecular flexibility index (Phi) is 6.16. The highest BCUT2D eigenvalue weighted by Gasteiger charge is 2.41. The lowest BCUT2D eigenvalue weighted by atomic mass is 9.63. The van der Waals surface area contributed by atoms with Gasteiger partial charge in [0.05, 0.1) is 11.1 Å². The van der Waals surface area contributed by atoms with Crippen LogP contribution in [-0.4, -0.2) is 17.1 Å². The van der Waals surface area contributed by atoms with Crippen molar-refractivity contribution in [1.82, 2.24) is 4.98 Å². The van der Waals surface area contributed by atoms with E-state index in [1.807, 2.05) is 12.1 Å². The number of H-pyrrole nitrogens is 1. The third-order valence-corrected chi connectivity index (χ3v) is 6.90. The standard InChI is InChI=1S/C25H29ClN2O2/c1-2-6-23(27)25(18-7-4-3-5-8-18)12-9-19(10-13-25)30-22-15-17-11-14-28-24(29)20(17)16-21(22)26/h3-5,7-8,11,14-16,19,23H,2,6,9-10,12-13,27H2,1H3,(H,28,29)/t19?,23-,25?/m1/s1. The van der Waals surface area contributed by atoms with Crippen molar-refractivity contribution in [1.29, 1.82) is 0 Å². The van der Waals surface area contributed by atoms with Crippen LogP contribution in [0, 0.1) is 0 Å². The van der Waals surface area contributed by atoms with Crippen LogP contribution in [0.15, 0.2) is 59.5 Å². The van der Waals surface area contributed by atoms with Gasteiger partial charge in [-0.3, -0.25) is 4.79 Å². The number of nitrogens with two attached hydrogens (primary N) is 1. The van der Waals surface area contributed by atoms with E-state index < -0.39 is 0 Å². The highest BCUT2D eigenvalue weighted by molar-refractivity contribution is 6.32. The molecule has 1 fully saturated rings. The minimum atomic E-state index is -0.142. The molecule has 158 valence electrons. The van der Waals surface area contributed by atoms with Crippen molar-refractivity contribution in [2.24, 2.45) is 5.73 Å². The Morgan fingerprint density at radius 3 is 2.63 bits per heavy atom. The molecule has 1 aliphatic rings. The molecule has 4 nitrogen and oxygen atoms in total. The second-order valence-electron chi connectivity index (χ2n) is 8.41. The van der Waals surface area contributed by atoms with Gasteiger partial charge in [0.15, 0.2) is 0 Å². The summed E-state index contributed by atoms with van der Waals surface area (Å²) in [6.07, 6.45) is 7.68. The lowest BCUT2D eigenvalue weighted by molar-refractivity contribution is 0.103. The number of pyridine rings is 1. The van der Waals surface area contributed by atoms with Gasteiger partial charge >= 0.3 is 0 Å². The van der Waals surface area contributed by atoms with E-state index in [9.17, 15) is 4.79 Å². The zero-order valence-corrected chi connectivity index (χ0v) is 18.1. The average molecular weight is 425 g/mol. The monoisotopic (exact) mass is 424 g/mol. The number of aromatic amines is 1. The Bertz CT molecular complexity index is 1060. The first-order chi connectivity index (χ1) is 14.5. The van der Waals surface area contributed by atoms with E-state index in [4.69, 9.17) is 22.1 Å². The van der Waals surface area contributed by atoms with Crippen molar-refractivity contribution in [3.05, 3.63) is 75.7 Å². The summed E-state index contributed by atoms with van der Waals surface area (Å²) in [6, 6.07) is 16.3. The van der Waals surface area contributed by atoms with Gasteiger partial charge in [-0.2, -0.15) is 0 Å². The van der Waals surface area contributed by atoms with Crippen LogP contribution >= 0.6 is 11.6 Å². The van der Waals surface area contributed by atoms with E-state index >= 15 is 0 Å². The number of fused-ring (bicyclic) bond motifs is 1. The molecule has 1 aromatic heterocycles. The number of rotatable bonds is 6. The molecule has 0 bridgehead atoms. The van der Waals surface area contributed by atoms with Crippen molar-refractivity contribution in [3.63, 3.8) is 0 Å². The van der Waals surface area contributed by atoms with Gasteiger partial charge < -0.3 is 15.5 Å². The lowest BCUT2D eigenvalue weighted by Crippen LogP contribution is -2.49. The fourth-order valence-corrected chi connectivity index (χ4v) is 5.12. The number of ether oxygens (including phenoxy) is 1. The molecule has 1 saturated carbocycles. The molecular formula is C25H29ClN2O2. The quantitative estimate of drug-likeness (QED) is 0.543. The molecule has 1 atom stereocenters.